The van der Waals surface area contributed by atoms with Crippen molar-refractivity contribution >= 4 is 29.9 Å². The fraction of sp³-hybridized carbons (Fsp3) is 0.353. The first-order valence-corrected chi connectivity index (χ1v) is 7.28. The molecule has 0 spiro atoms. The number of benzene rings is 1. The van der Waals surface area contributed by atoms with Crippen molar-refractivity contribution in [2.75, 3.05) is 14.1 Å². The smallest absolute Gasteiger partial charge is 0.194 e. The zero-order chi connectivity index (χ0) is 16.1. The van der Waals surface area contributed by atoms with Crippen LogP contribution in [0.2, 0.25) is 0 Å². The number of hydrogen-bond acceptors (Lipinski definition) is 1. The monoisotopic (exact) mass is 430 g/mol. The van der Waals surface area contributed by atoms with Crippen LogP contribution in [0, 0.1) is 12.7 Å². The van der Waals surface area contributed by atoms with E-state index in [1.165, 1.54) is 11.8 Å². The fourth-order valence-corrected chi connectivity index (χ4v) is 2.36. The van der Waals surface area contributed by atoms with Crippen LogP contribution in [-0.2, 0) is 20.1 Å². The lowest BCUT2D eigenvalue weighted by atomic mass is 10.1. The van der Waals surface area contributed by atoms with Crippen molar-refractivity contribution in [3.63, 3.8) is 0 Å². The molecule has 2 aromatic rings. The molecule has 0 saturated heterocycles. The van der Waals surface area contributed by atoms with Crippen molar-refractivity contribution in [2.45, 2.75) is 20.0 Å². The maximum Gasteiger partial charge on any atom is 0.194 e. The summed E-state index contributed by atoms with van der Waals surface area (Å²) in [6.07, 6.45) is 2.03. The maximum absolute atomic E-state index is 13.3. The predicted molar refractivity (Wildman–Crippen MR) is 104 cm³/mol. The van der Waals surface area contributed by atoms with Gasteiger partial charge >= 0.3 is 0 Å². The molecule has 6 heteroatoms. The molecular formula is C17H24FIN4. The van der Waals surface area contributed by atoms with E-state index in [-0.39, 0.29) is 29.8 Å². The van der Waals surface area contributed by atoms with Gasteiger partial charge in [-0.05, 0) is 36.2 Å². The van der Waals surface area contributed by atoms with E-state index < -0.39 is 0 Å². The molecule has 0 bridgehead atoms. The van der Waals surface area contributed by atoms with Crippen molar-refractivity contribution < 1.29 is 4.39 Å². The van der Waals surface area contributed by atoms with Gasteiger partial charge < -0.3 is 14.8 Å². The van der Waals surface area contributed by atoms with E-state index in [9.17, 15) is 4.39 Å². The van der Waals surface area contributed by atoms with E-state index in [0.717, 1.165) is 18.1 Å². The summed E-state index contributed by atoms with van der Waals surface area (Å²) in [7, 11) is 5.79. The topological polar surface area (TPSA) is 32.6 Å². The average Bonchev–Trinajstić information content (AvgIpc) is 2.88. The van der Waals surface area contributed by atoms with E-state index in [4.69, 9.17) is 0 Å². The highest BCUT2D eigenvalue weighted by molar-refractivity contribution is 14.0. The number of nitrogens with one attached hydrogen (secondary N) is 1. The number of halogens is 2. The second-order valence-corrected chi connectivity index (χ2v) is 5.45. The molecular weight excluding hydrogens is 406 g/mol. The molecule has 0 saturated carbocycles. The number of rotatable bonds is 4. The van der Waals surface area contributed by atoms with Gasteiger partial charge in [0.05, 0.1) is 6.54 Å². The quantitative estimate of drug-likeness (QED) is 0.459. The van der Waals surface area contributed by atoms with Gasteiger partial charge in [0.25, 0.3) is 0 Å². The Balaban J connectivity index is 0.00000264. The summed E-state index contributed by atoms with van der Waals surface area (Å²) in [5, 5.41) is 3.31. The summed E-state index contributed by atoms with van der Waals surface area (Å²) >= 11 is 0. The predicted octanol–water partition coefficient (Wildman–Crippen LogP) is 3.30. The van der Waals surface area contributed by atoms with Gasteiger partial charge in [0.2, 0.25) is 0 Å². The van der Waals surface area contributed by atoms with E-state index in [1.807, 2.05) is 32.4 Å². The van der Waals surface area contributed by atoms with Crippen molar-refractivity contribution in [2.24, 2.45) is 12.0 Å². The second-order valence-electron chi connectivity index (χ2n) is 5.45. The Labute approximate surface area is 154 Å². The number of aromatic nitrogens is 1. The summed E-state index contributed by atoms with van der Waals surface area (Å²) in [6.45, 7) is 3.16. The minimum Gasteiger partial charge on any atom is -0.353 e. The van der Waals surface area contributed by atoms with Crippen LogP contribution < -0.4 is 5.32 Å². The molecule has 0 amide bonds. The number of hydrogen-bond donors (Lipinski definition) is 1. The zero-order valence-electron chi connectivity index (χ0n) is 14.0. The maximum atomic E-state index is 13.3. The van der Waals surface area contributed by atoms with Gasteiger partial charge in [-0.3, -0.25) is 4.99 Å². The first-order valence-electron chi connectivity index (χ1n) is 7.28. The van der Waals surface area contributed by atoms with Crippen LogP contribution >= 0.6 is 24.0 Å². The summed E-state index contributed by atoms with van der Waals surface area (Å²) in [4.78, 5) is 6.36. The minimum atomic E-state index is -0.172. The van der Waals surface area contributed by atoms with Gasteiger partial charge in [0.1, 0.15) is 5.82 Å². The molecule has 126 valence electrons. The lowest BCUT2D eigenvalue weighted by molar-refractivity contribution is 0.461. The standard InChI is InChI=1S/C17H23FN4.HI/c1-13-10-14(7-8-16(13)18)11-20-17(19-2)22(4)12-15-6-5-9-21(15)3;/h5-10H,11-12H2,1-4H3,(H,19,20);1H. The summed E-state index contributed by atoms with van der Waals surface area (Å²) in [6, 6.07) is 9.27. The first kappa shape index (κ1) is 19.5. The molecule has 0 atom stereocenters. The molecule has 1 N–H and O–H groups in total. The molecule has 0 unspecified atom stereocenters. The molecule has 0 radical (unpaired) electrons. The van der Waals surface area contributed by atoms with Gasteiger partial charge in [-0.15, -0.1) is 24.0 Å². The van der Waals surface area contributed by atoms with E-state index >= 15 is 0 Å². The molecule has 1 aromatic heterocycles. The van der Waals surface area contributed by atoms with Gasteiger partial charge in [0.15, 0.2) is 5.96 Å². The Kier molecular flexibility index (Phi) is 7.54. The molecule has 0 aliphatic carbocycles. The van der Waals surface area contributed by atoms with Crippen LogP contribution in [0.1, 0.15) is 16.8 Å². The first-order chi connectivity index (χ1) is 10.5. The van der Waals surface area contributed by atoms with Crippen LogP contribution in [0.3, 0.4) is 0 Å². The Morgan fingerprint density at radius 1 is 1.35 bits per heavy atom. The molecule has 2 rings (SSSR count). The molecule has 4 nitrogen and oxygen atoms in total. The van der Waals surface area contributed by atoms with Crippen LogP contribution in [0.15, 0.2) is 41.5 Å². The van der Waals surface area contributed by atoms with Gasteiger partial charge in [0, 0.05) is 39.6 Å². The molecule has 1 heterocycles. The van der Waals surface area contributed by atoms with Gasteiger partial charge in [-0.2, -0.15) is 0 Å². The molecule has 23 heavy (non-hydrogen) atoms. The summed E-state index contributed by atoms with van der Waals surface area (Å²) in [5.74, 6) is 0.636. The van der Waals surface area contributed by atoms with Crippen molar-refractivity contribution in [3.8, 4) is 0 Å². The number of guanidine groups is 1. The lowest BCUT2D eigenvalue weighted by Gasteiger charge is -2.22. The Hall–Kier alpha value is -1.57. The fourth-order valence-electron chi connectivity index (χ4n) is 2.36. The third-order valence-electron chi connectivity index (χ3n) is 3.70. The van der Waals surface area contributed by atoms with Crippen molar-refractivity contribution in [3.05, 3.63) is 59.2 Å². The number of nitrogens with zero attached hydrogens (tertiary/aromatic N) is 3. The van der Waals surface area contributed by atoms with Gasteiger partial charge in [-0.25, -0.2) is 4.39 Å². The largest absolute Gasteiger partial charge is 0.353 e. The van der Waals surface area contributed by atoms with E-state index in [2.05, 4.69) is 25.8 Å². The highest BCUT2D eigenvalue weighted by Crippen LogP contribution is 2.09. The second kappa shape index (κ2) is 8.90. The zero-order valence-corrected chi connectivity index (χ0v) is 16.3. The van der Waals surface area contributed by atoms with Crippen LogP contribution in [-0.4, -0.2) is 29.5 Å². The highest BCUT2D eigenvalue weighted by atomic mass is 127. The molecule has 0 fully saturated rings. The lowest BCUT2D eigenvalue weighted by Crippen LogP contribution is -2.38. The third-order valence-corrected chi connectivity index (χ3v) is 3.70. The Morgan fingerprint density at radius 2 is 2.09 bits per heavy atom. The van der Waals surface area contributed by atoms with Crippen molar-refractivity contribution in [1.82, 2.24) is 14.8 Å². The minimum absolute atomic E-state index is 0. The SMILES string of the molecule is CN=C(NCc1ccc(F)c(C)c1)N(C)Cc1cccn1C.I. The average molecular weight is 430 g/mol. The normalized spacial score (nSPS) is 11.1. The number of aryl methyl sites for hydroxylation is 2. The number of aliphatic imine (C=N–C) groups is 1. The molecule has 1 aromatic carbocycles. The van der Waals surface area contributed by atoms with Crippen LogP contribution in [0.5, 0.6) is 0 Å². The van der Waals surface area contributed by atoms with E-state index in [0.29, 0.717) is 12.1 Å². The molecule has 0 aliphatic rings. The van der Waals surface area contributed by atoms with Crippen LogP contribution in [0.4, 0.5) is 4.39 Å². The van der Waals surface area contributed by atoms with Crippen molar-refractivity contribution in [1.29, 1.82) is 0 Å². The third kappa shape index (κ3) is 5.23. The van der Waals surface area contributed by atoms with E-state index in [1.54, 1.807) is 20.0 Å². The highest BCUT2D eigenvalue weighted by Gasteiger charge is 2.08. The van der Waals surface area contributed by atoms with Crippen LogP contribution in [0.25, 0.3) is 0 Å². The summed E-state index contributed by atoms with van der Waals surface area (Å²) in [5.41, 5.74) is 2.90. The Morgan fingerprint density at radius 3 is 2.65 bits per heavy atom. The Bertz CT molecular complexity index is 666. The van der Waals surface area contributed by atoms with Gasteiger partial charge in [-0.1, -0.05) is 12.1 Å². The molecule has 0 aliphatic heterocycles. The summed E-state index contributed by atoms with van der Waals surface area (Å²) < 4.78 is 15.4.